The van der Waals surface area contributed by atoms with E-state index in [9.17, 15) is 0 Å². The zero-order valence-corrected chi connectivity index (χ0v) is 13.5. The quantitative estimate of drug-likeness (QED) is 0.440. The molecule has 0 N–H and O–H groups in total. The van der Waals surface area contributed by atoms with Crippen molar-refractivity contribution >= 4 is 25.3 Å². The number of unbranched alkanes of at least 4 members (excludes halogenated alkanes) is 4. The summed E-state index contributed by atoms with van der Waals surface area (Å²) >= 11 is 8.46. The first-order valence-corrected chi connectivity index (χ1v) is 8.57. The average Bonchev–Trinajstić information content (AvgIpc) is 2.45. The number of ether oxygens (including phenoxy) is 1. The first kappa shape index (κ1) is 16.8. The predicted molar refractivity (Wildman–Crippen MR) is 91.0 cm³/mol. The minimum absolute atomic E-state index is 0.821. The molecule has 1 nitrogen and oxygen atoms in total. The van der Waals surface area contributed by atoms with E-state index in [0.29, 0.717) is 0 Å². The third kappa shape index (κ3) is 7.78. The number of benzene rings is 1. The summed E-state index contributed by atoms with van der Waals surface area (Å²) in [6.07, 6.45) is 8.29. The Morgan fingerprint density at radius 2 is 1.47 bits per heavy atom. The second-order valence-electron chi connectivity index (χ2n) is 4.77. The first-order chi connectivity index (χ1) is 9.38. The molecule has 0 heterocycles. The van der Waals surface area contributed by atoms with E-state index < -0.39 is 0 Å². The van der Waals surface area contributed by atoms with Crippen LogP contribution in [-0.2, 0) is 6.42 Å². The van der Waals surface area contributed by atoms with Gasteiger partial charge in [-0.15, -0.1) is 0 Å². The molecule has 0 bridgehead atoms. The van der Waals surface area contributed by atoms with Crippen molar-refractivity contribution in [2.75, 3.05) is 18.1 Å². The van der Waals surface area contributed by atoms with E-state index in [4.69, 9.17) is 4.74 Å². The molecule has 0 unspecified atom stereocenters. The maximum Gasteiger partial charge on any atom is 0.122 e. The van der Waals surface area contributed by atoms with Crippen molar-refractivity contribution in [3.05, 3.63) is 29.8 Å². The van der Waals surface area contributed by atoms with Crippen LogP contribution in [-0.4, -0.2) is 18.1 Å². The Morgan fingerprint density at radius 3 is 2.21 bits per heavy atom. The maximum absolute atomic E-state index is 5.90. The van der Waals surface area contributed by atoms with Gasteiger partial charge in [-0.05, 0) is 61.7 Å². The number of thiol groups is 2. The molecule has 0 aliphatic carbocycles. The molecule has 19 heavy (non-hydrogen) atoms. The molecule has 0 amide bonds. The van der Waals surface area contributed by atoms with Gasteiger partial charge in [0.1, 0.15) is 5.75 Å². The summed E-state index contributed by atoms with van der Waals surface area (Å²) < 4.78 is 5.90. The highest BCUT2D eigenvalue weighted by Crippen LogP contribution is 2.21. The van der Waals surface area contributed by atoms with E-state index in [2.05, 4.69) is 49.5 Å². The molecule has 0 aliphatic rings. The molecule has 1 aromatic rings. The zero-order chi connectivity index (χ0) is 13.8. The summed E-state index contributed by atoms with van der Waals surface area (Å²) in [4.78, 5) is 0. The Hall–Kier alpha value is -0.280. The van der Waals surface area contributed by atoms with Gasteiger partial charge >= 0.3 is 0 Å². The molecule has 0 saturated heterocycles. The van der Waals surface area contributed by atoms with Crippen molar-refractivity contribution in [3.63, 3.8) is 0 Å². The number of rotatable bonds is 11. The Morgan fingerprint density at radius 1 is 0.789 bits per heavy atom. The van der Waals surface area contributed by atoms with Gasteiger partial charge in [-0.3, -0.25) is 0 Å². The number of aryl methyl sites for hydroxylation is 1. The number of hydrogen-bond acceptors (Lipinski definition) is 3. The van der Waals surface area contributed by atoms with Crippen LogP contribution in [0.25, 0.3) is 0 Å². The highest BCUT2D eigenvalue weighted by atomic mass is 32.1. The van der Waals surface area contributed by atoms with Crippen LogP contribution >= 0.6 is 25.3 Å². The lowest BCUT2D eigenvalue weighted by Crippen LogP contribution is -2.00. The highest BCUT2D eigenvalue weighted by molar-refractivity contribution is 7.80. The molecule has 3 heteroatoms. The van der Waals surface area contributed by atoms with Crippen molar-refractivity contribution in [2.45, 2.75) is 44.9 Å². The summed E-state index contributed by atoms with van der Waals surface area (Å²) in [5.74, 6) is 3.03. The molecule has 0 aromatic heterocycles. The molecule has 0 spiro atoms. The largest absolute Gasteiger partial charge is 0.493 e. The van der Waals surface area contributed by atoms with Gasteiger partial charge in [-0.25, -0.2) is 0 Å². The minimum Gasteiger partial charge on any atom is -0.493 e. The SMILES string of the molecule is SCCCCCOc1ccccc1CCCCCS. The molecular formula is C16H26OS2. The Labute approximate surface area is 129 Å². The number of hydrogen-bond donors (Lipinski definition) is 2. The fraction of sp³-hybridized carbons (Fsp3) is 0.625. The van der Waals surface area contributed by atoms with Gasteiger partial charge < -0.3 is 4.74 Å². The van der Waals surface area contributed by atoms with Gasteiger partial charge in [0.2, 0.25) is 0 Å². The summed E-state index contributed by atoms with van der Waals surface area (Å²) in [7, 11) is 0. The van der Waals surface area contributed by atoms with Crippen molar-refractivity contribution in [1.29, 1.82) is 0 Å². The summed E-state index contributed by atoms with van der Waals surface area (Å²) in [5, 5.41) is 0. The lowest BCUT2D eigenvalue weighted by molar-refractivity contribution is 0.303. The highest BCUT2D eigenvalue weighted by Gasteiger charge is 2.02. The average molecular weight is 299 g/mol. The van der Waals surface area contributed by atoms with Crippen LogP contribution in [0.15, 0.2) is 24.3 Å². The lowest BCUT2D eigenvalue weighted by Gasteiger charge is -2.11. The van der Waals surface area contributed by atoms with E-state index in [1.807, 2.05) is 0 Å². The van der Waals surface area contributed by atoms with Crippen LogP contribution in [0, 0.1) is 0 Å². The van der Waals surface area contributed by atoms with E-state index in [0.717, 1.165) is 36.7 Å². The molecule has 0 fully saturated rings. The van der Waals surface area contributed by atoms with Crippen LogP contribution < -0.4 is 4.74 Å². The van der Waals surface area contributed by atoms with Gasteiger partial charge in [-0.2, -0.15) is 25.3 Å². The fourth-order valence-electron chi connectivity index (χ4n) is 2.03. The predicted octanol–water partition coefficient (Wildman–Crippen LogP) is 4.81. The monoisotopic (exact) mass is 298 g/mol. The third-order valence-electron chi connectivity index (χ3n) is 3.14. The second kappa shape index (κ2) is 11.5. The summed E-state index contributed by atoms with van der Waals surface area (Å²) in [6, 6.07) is 8.43. The molecule has 0 saturated carbocycles. The Balaban J connectivity index is 2.31. The van der Waals surface area contributed by atoms with Crippen molar-refractivity contribution < 1.29 is 4.74 Å². The molecule has 0 atom stereocenters. The van der Waals surface area contributed by atoms with Gasteiger partial charge in [0.25, 0.3) is 0 Å². The minimum atomic E-state index is 0.821. The van der Waals surface area contributed by atoms with Crippen LogP contribution in [0.5, 0.6) is 5.75 Å². The second-order valence-corrected chi connectivity index (χ2v) is 5.67. The van der Waals surface area contributed by atoms with Gasteiger partial charge in [0, 0.05) is 0 Å². The smallest absolute Gasteiger partial charge is 0.122 e. The molecule has 1 rings (SSSR count). The Kier molecular flexibility index (Phi) is 10.2. The van der Waals surface area contributed by atoms with Crippen LogP contribution in [0.4, 0.5) is 0 Å². The van der Waals surface area contributed by atoms with Crippen molar-refractivity contribution in [3.8, 4) is 5.75 Å². The lowest BCUT2D eigenvalue weighted by atomic mass is 10.1. The van der Waals surface area contributed by atoms with Crippen molar-refractivity contribution in [2.24, 2.45) is 0 Å². The van der Waals surface area contributed by atoms with Crippen LogP contribution in [0.2, 0.25) is 0 Å². The molecule has 0 aliphatic heterocycles. The fourth-order valence-corrected chi connectivity index (χ4v) is 2.48. The van der Waals surface area contributed by atoms with E-state index >= 15 is 0 Å². The normalized spacial score (nSPS) is 10.6. The maximum atomic E-state index is 5.90. The van der Waals surface area contributed by atoms with E-state index in [-0.39, 0.29) is 0 Å². The summed E-state index contributed by atoms with van der Waals surface area (Å²) in [5.41, 5.74) is 1.34. The van der Waals surface area contributed by atoms with Gasteiger partial charge in [0.05, 0.1) is 6.61 Å². The Bertz CT molecular complexity index is 328. The van der Waals surface area contributed by atoms with Crippen molar-refractivity contribution in [1.82, 2.24) is 0 Å². The topological polar surface area (TPSA) is 9.23 Å². The molecule has 108 valence electrons. The van der Waals surface area contributed by atoms with Crippen LogP contribution in [0.3, 0.4) is 0 Å². The summed E-state index contributed by atoms with van der Waals surface area (Å²) in [6.45, 7) is 0.821. The first-order valence-electron chi connectivity index (χ1n) is 7.31. The number of para-hydroxylation sites is 1. The third-order valence-corrected chi connectivity index (χ3v) is 3.77. The van der Waals surface area contributed by atoms with E-state index in [1.165, 1.54) is 37.7 Å². The zero-order valence-electron chi connectivity index (χ0n) is 11.7. The van der Waals surface area contributed by atoms with Gasteiger partial charge in [0.15, 0.2) is 0 Å². The molecule has 1 aromatic carbocycles. The van der Waals surface area contributed by atoms with E-state index in [1.54, 1.807) is 0 Å². The standard InChI is InChI=1S/C16H26OS2/c18-13-7-1-3-9-15-10-4-5-11-16(15)17-12-6-2-8-14-19/h4-5,10-11,18-19H,1-3,6-9,12-14H2. The van der Waals surface area contributed by atoms with Gasteiger partial charge in [-0.1, -0.05) is 24.6 Å². The van der Waals surface area contributed by atoms with Crippen LogP contribution in [0.1, 0.15) is 44.1 Å². The molecular weight excluding hydrogens is 272 g/mol. The molecule has 0 radical (unpaired) electrons.